The first-order chi connectivity index (χ1) is 10.8. The second-order valence-corrected chi connectivity index (χ2v) is 6.30. The quantitative estimate of drug-likeness (QED) is 0.314. The fraction of sp³-hybridized carbons (Fsp3) is 0.619. The largest absolute Gasteiger partial charge is 0.508 e. The van der Waals surface area contributed by atoms with Crippen LogP contribution in [0.1, 0.15) is 83.1 Å². The zero-order valence-corrected chi connectivity index (χ0v) is 14.4. The van der Waals surface area contributed by atoms with Gasteiger partial charge in [0.1, 0.15) is 5.75 Å². The van der Waals surface area contributed by atoms with Crippen molar-refractivity contribution in [3.63, 3.8) is 0 Å². The van der Waals surface area contributed by atoms with Crippen LogP contribution in [0.4, 0.5) is 0 Å². The van der Waals surface area contributed by atoms with Gasteiger partial charge in [0.2, 0.25) is 0 Å². The SMILES string of the molecule is CCCCCC/C=C\CCCCCCCc1cccc(O)c1. The zero-order chi connectivity index (χ0) is 15.9. The summed E-state index contributed by atoms with van der Waals surface area (Å²) in [5, 5.41) is 9.41. The summed E-state index contributed by atoms with van der Waals surface area (Å²) in [7, 11) is 0. The van der Waals surface area contributed by atoms with Crippen LogP contribution in [0.25, 0.3) is 0 Å². The van der Waals surface area contributed by atoms with Gasteiger partial charge in [-0.05, 0) is 56.2 Å². The molecular weight excluding hydrogens is 268 g/mol. The van der Waals surface area contributed by atoms with Gasteiger partial charge in [0.15, 0.2) is 0 Å². The molecule has 0 bridgehead atoms. The number of aryl methyl sites for hydroxylation is 1. The molecule has 0 aromatic heterocycles. The lowest BCUT2D eigenvalue weighted by Crippen LogP contribution is -1.86. The van der Waals surface area contributed by atoms with E-state index >= 15 is 0 Å². The van der Waals surface area contributed by atoms with Crippen LogP contribution in [-0.2, 0) is 6.42 Å². The fourth-order valence-electron chi connectivity index (χ4n) is 2.76. The first-order valence-electron chi connectivity index (χ1n) is 9.26. The predicted molar refractivity (Wildman–Crippen MR) is 97.4 cm³/mol. The molecule has 1 rings (SSSR count). The molecule has 1 aromatic carbocycles. The van der Waals surface area contributed by atoms with Gasteiger partial charge in [-0.15, -0.1) is 0 Å². The van der Waals surface area contributed by atoms with Crippen molar-refractivity contribution in [2.24, 2.45) is 0 Å². The number of hydrogen-bond donors (Lipinski definition) is 1. The van der Waals surface area contributed by atoms with Crippen molar-refractivity contribution in [1.82, 2.24) is 0 Å². The minimum absolute atomic E-state index is 0.388. The van der Waals surface area contributed by atoms with E-state index in [-0.39, 0.29) is 0 Å². The van der Waals surface area contributed by atoms with Crippen LogP contribution < -0.4 is 0 Å². The van der Waals surface area contributed by atoms with E-state index in [1.807, 2.05) is 12.1 Å². The molecule has 0 spiro atoms. The minimum Gasteiger partial charge on any atom is -0.508 e. The summed E-state index contributed by atoms with van der Waals surface area (Å²) in [4.78, 5) is 0. The molecule has 0 radical (unpaired) electrons. The Morgan fingerprint density at radius 1 is 0.818 bits per heavy atom. The van der Waals surface area contributed by atoms with E-state index in [4.69, 9.17) is 0 Å². The van der Waals surface area contributed by atoms with Crippen LogP contribution in [0.5, 0.6) is 5.75 Å². The fourth-order valence-corrected chi connectivity index (χ4v) is 2.76. The molecule has 0 aliphatic heterocycles. The number of unbranched alkanes of at least 4 members (excludes halogenated alkanes) is 9. The first kappa shape index (κ1) is 18.8. The van der Waals surface area contributed by atoms with Crippen molar-refractivity contribution in [1.29, 1.82) is 0 Å². The molecule has 1 heteroatoms. The Bertz CT molecular complexity index is 395. The number of hydrogen-bond acceptors (Lipinski definition) is 1. The van der Waals surface area contributed by atoms with E-state index in [0.29, 0.717) is 5.75 Å². The van der Waals surface area contributed by atoms with Gasteiger partial charge < -0.3 is 5.11 Å². The van der Waals surface area contributed by atoms with E-state index in [9.17, 15) is 5.11 Å². The molecule has 1 nitrogen and oxygen atoms in total. The zero-order valence-electron chi connectivity index (χ0n) is 14.4. The molecule has 124 valence electrons. The van der Waals surface area contributed by atoms with E-state index < -0.39 is 0 Å². The van der Waals surface area contributed by atoms with Gasteiger partial charge in [0.05, 0.1) is 0 Å². The maximum atomic E-state index is 9.41. The molecule has 1 N–H and O–H groups in total. The van der Waals surface area contributed by atoms with E-state index in [0.717, 1.165) is 6.42 Å². The van der Waals surface area contributed by atoms with Crippen molar-refractivity contribution in [2.45, 2.75) is 84.0 Å². The Morgan fingerprint density at radius 3 is 2.14 bits per heavy atom. The summed E-state index contributed by atoms with van der Waals surface area (Å²) in [6, 6.07) is 7.65. The molecule has 22 heavy (non-hydrogen) atoms. The van der Waals surface area contributed by atoms with Crippen LogP contribution in [0.15, 0.2) is 36.4 Å². The lowest BCUT2D eigenvalue weighted by Gasteiger charge is -2.02. The summed E-state index contributed by atoms with van der Waals surface area (Å²) in [5.41, 5.74) is 1.26. The summed E-state index contributed by atoms with van der Waals surface area (Å²) in [6.07, 6.45) is 20.4. The molecule has 0 fully saturated rings. The highest BCUT2D eigenvalue weighted by atomic mass is 16.3. The Kier molecular flexibility index (Phi) is 11.5. The summed E-state index contributed by atoms with van der Waals surface area (Å²) in [5.74, 6) is 0.388. The minimum atomic E-state index is 0.388. The molecule has 0 aliphatic rings. The molecule has 1 aromatic rings. The third kappa shape index (κ3) is 10.5. The molecule has 0 saturated heterocycles. The first-order valence-corrected chi connectivity index (χ1v) is 9.26. The molecule has 0 unspecified atom stereocenters. The van der Waals surface area contributed by atoms with E-state index in [2.05, 4.69) is 25.1 Å². The van der Waals surface area contributed by atoms with Crippen LogP contribution in [0, 0.1) is 0 Å². The predicted octanol–water partition coefficient (Wildman–Crippen LogP) is 6.80. The van der Waals surface area contributed by atoms with Crippen molar-refractivity contribution >= 4 is 0 Å². The molecule has 0 aliphatic carbocycles. The van der Waals surface area contributed by atoms with Crippen LogP contribution in [0.2, 0.25) is 0 Å². The molecular formula is C21H34O. The average molecular weight is 303 g/mol. The number of rotatable bonds is 13. The number of phenolic OH excluding ortho intramolecular Hbond substituents is 1. The number of aromatic hydroxyl groups is 1. The Hall–Kier alpha value is -1.24. The monoisotopic (exact) mass is 302 g/mol. The maximum Gasteiger partial charge on any atom is 0.115 e. The summed E-state index contributed by atoms with van der Waals surface area (Å²) >= 11 is 0. The van der Waals surface area contributed by atoms with Crippen LogP contribution >= 0.6 is 0 Å². The lowest BCUT2D eigenvalue weighted by atomic mass is 10.0. The van der Waals surface area contributed by atoms with Crippen molar-refractivity contribution in [3.8, 4) is 5.75 Å². The van der Waals surface area contributed by atoms with Crippen LogP contribution in [-0.4, -0.2) is 5.11 Å². The Labute approximate surface area is 137 Å². The topological polar surface area (TPSA) is 20.2 Å². The van der Waals surface area contributed by atoms with E-state index in [1.54, 1.807) is 6.07 Å². The van der Waals surface area contributed by atoms with Gasteiger partial charge >= 0.3 is 0 Å². The number of benzene rings is 1. The highest BCUT2D eigenvalue weighted by Crippen LogP contribution is 2.14. The summed E-state index contributed by atoms with van der Waals surface area (Å²) < 4.78 is 0. The standard InChI is InChI=1S/C21H34O/c1-2-3-4-5-6-7-8-9-10-11-12-13-14-16-20-17-15-18-21(22)19-20/h7-8,15,17-19,22H,2-6,9-14,16H2,1H3/b8-7-. The normalized spacial score (nSPS) is 11.3. The molecule has 0 heterocycles. The lowest BCUT2D eigenvalue weighted by molar-refractivity contribution is 0.474. The van der Waals surface area contributed by atoms with Gasteiger partial charge in [0, 0.05) is 0 Å². The number of phenols is 1. The van der Waals surface area contributed by atoms with Gasteiger partial charge in [-0.3, -0.25) is 0 Å². The third-order valence-corrected chi connectivity index (χ3v) is 4.14. The highest BCUT2D eigenvalue weighted by Gasteiger charge is 1.95. The second-order valence-electron chi connectivity index (χ2n) is 6.30. The highest BCUT2D eigenvalue weighted by molar-refractivity contribution is 5.27. The van der Waals surface area contributed by atoms with Crippen LogP contribution in [0.3, 0.4) is 0 Å². The van der Waals surface area contributed by atoms with Gasteiger partial charge in [-0.1, -0.05) is 69.7 Å². The van der Waals surface area contributed by atoms with Gasteiger partial charge in [0.25, 0.3) is 0 Å². The molecule has 0 amide bonds. The van der Waals surface area contributed by atoms with Crippen molar-refractivity contribution in [3.05, 3.63) is 42.0 Å². The Morgan fingerprint density at radius 2 is 1.45 bits per heavy atom. The van der Waals surface area contributed by atoms with Gasteiger partial charge in [-0.25, -0.2) is 0 Å². The van der Waals surface area contributed by atoms with E-state index in [1.165, 1.54) is 76.2 Å². The summed E-state index contributed by atoms with van der Waals surface area (Å²) in [6.45, 7) is 2.26. The Balaban J connectivity index is 1.86. The molecule has 0 saturated carbocycles. The van der Waals surface area contributed by atoms with Crippen molar-refractivity contribution in [2.75, 3.05) is 0 Å². The van der Waals surface area contributed by atoms with Gasteiger partial charge in [-0.2, -0.15) is 0 Å². The molecule has 0 atom stereocenters. The smallest absolute Gasteiger partial charge is 0.115 e. The number of allylic oxidation sites excluding steroid dienone is 2. The second kappa shape index (κ2) is 13.4. The average Bonchev–Trinajstić information content (AvgIpc) is 2.52. The van der Waals surface area contributed by atoms with Crippen molar-refractivity contribution < 1.29 is 5.11 Å². The maximum absolute atomic E-state index is 9.41. The third-order valence-electron chi connectivity index (χ3n) is 4.14.